The van der Waals surface area contributed by atoms with E-state index in [1.165, 1.54) is 24.3 Å². The highest BCUT2D eigenvalue weighted by molar-refractivity contribution is 9.10. The quantitative estimate of drug-likeness (QED) is 0.600. The van der Waals surface area contributed by atoms with Gasteiger partial charge in [0.1, 0.15) is 0 Å². The van der Waals surface area contributed by atoms with Gasteiger partial charge < -0.3 is 0 Å². The van der Waals surface area contributed by atoms with Crippen LogP contribution in [-0.4, -0.2) is 20.2 Å². The van der Waals surface area contributed by atoms with Gasteiger partial charge >= 0.3 is 0 Å². The van der Waals surface area contributed by atoms with E-state index in [0.717, 1.165) is 9.37 Å². The van der Waals surface area contributed by atoms with E-state index in [9.17, 15) is 18.0 Å². The molecule has 140 valence electrons. The molecule has 0 radical (unpaired) electrons. The Hall–Kier alpha value is -2.97. The zero-order chi connectivity index (χ0) is 19.9. The topological polar surface area (TPSA) is 83.6 Å². The van der Waals surface area contributed by atoms with Crippen LogP contribution < -0.4 is 9.62 Å². The van der Waals surface area contributed by atoms with Crippen LogP contribution in [0.25, 0.3) is 0 Å². The van der Waals surface area contributed by atoms with Gasteiger partial charge in [0.15, 0.2) is 0 Å². The van der Waals surface area contributed by atoms with Crippen molar-refractivity contribution in [2.45, 2.75) is 4.90 Å². The van der Waals surface area contributed by atoms with Crippen molar-refractivity contribution in [2.24, 2.45) is 0 Å². The molecule has 8 heteroatoms. The van der Waals surface area contributed by atoms with Gasteiger partial charge in [0.25, 0.3) is 21.8 Å². The molecular weight excluding hydrogens is 444 g/mol. The molecule has 1 aliphatic heterocycles. The van der Waals surface area contributed by atoms with Gasteiger partial charge in [-0.2, -0.15) is 0 Å². The third-order valence-electron chi connectivity index (χ3n) is 4.26. The predicted molar refractivity (Wildman–Crippen MR) is 109 cm³/mol. The third kappa shape index (κ3) is 3.21. The normalized spacial score (nSPS) is 13.5. The number of carbonyl (C=O) groups is 2. The van der Waals surface area contributed by atoms with Gasteiger partial charge in [-0.25, -0.2) is 13.3 Å². The van der Waals surface area contributed by atoms with E-state index in [-0.39, 0.29) is 10.6 Å². The number of hydrogen-bond acceptors (Lipinski definition) is 4. The molecule has 2 amide bonds. The monoisotopic (exact) mass is 456 g/mol. The summed E-state index contributed by atoms with van der Waals surface area (Å²) in [6.45, 7) is 0. The lowest BCUT2D eigenvalue weighted by Crippen LogP contribution is -2.29. The van der Waals surface area contributed by atoms with Crippen LogP contribution in [0.2, 0.25) is 0 Å². The first-order valence-corrected chi connectivity index (χ1v) is 10.5. The van der Waals surface area contributed by atoms with E-state index in [1.807, 2.05) is 0 Å². The zero-order valence-electron chi connectivity index (χ0n) is 14.3. The fourth-order valence-corrected chi connectivity index (χ4v) is 4.47. The van der Waals surface area contributed by atoms with Crippen molar-refractivity contribution in [3.8, 4) is 0 Å². The number of rotatable bonds is 4. The van der Waals surface area contributed by atoms with E-state index < -0.39 is 21.8 Å². The second-order valence-electron chi connectivity index (χ2n) is 6.10. The Labute approximate surface area is 170 Å². The lowest BCUT2D eigenvalue weighted by atomic mass is 10.1. The molecular formula is C20H13BrN2O4S. The Morgan fingerprint density at radius 1 is 0.786 bits per heavy atom. The van der Waals surface area contributed by atoms with E-state index in [2.05, 4.69) is 20.7 Å². The van der Waals surface area contributed by atoms with Gasteiger partial charge in [0.2, 0.25) is 0 Å². The Morgan fingerprint density at radius 2 is 1.43 bits per heavy atom. The third-order valence-corrected chi connectivity index (χ3v) is 6.13. The van der Waals surface area contributed by atoms with Gasteiger partial charge in [-0.1, -0.05) is 40.2 Å². The van der Waals surface area contributed by atoms with E-state index in [0.29, 0.717) is 16.8 Å². The molecule has 3 aromatic carbocycles. The first-order valence-electron chi connectivity index (χ1n) is 8.23. The van der Waals surface area contributed by atoms with Crippen molar-refractivity contribution in [3.05, 3.63) is 88.4 Å². The molecule has 0 saturated heterocycles. The van der Waals surface area contributed by atoms with E-state index in [1.54, 1.807) is 48.5 Å². The number of anilines is 2. The molecule has 4 rings (SSSR count). The average Bonchev–Trinajstić information content (AvgIpc) is 2.93. The summed E-state index contributed by atoms with van der Waals surface area (Å²) in [7, 11) is -3.90. The maximum Gasteiger partial charge on any atom is 0.266 e. The molecule has 0 aromatic heterocycles. The molecule has 6 nitrogen and oxygen atoms in total. The van der Waals surface area contributed by atoms with Gasteiger partial charge in [0, 0.05) is 10.2 Å². The van der Waals surface area contributed by atoms with Crippen molar-refractivity contribution in [3.63, 3.8) is 0 Å². The van der Waals surface area contributed by atoms with Gasteiger partial charge in [-0.15, -0.1) is 0 Å². The highest BCUT2D eigenvalue weighted by Crippen LogP contribution is 2.30. The standard InChI is InChI=1S/C20H13BrN2O4S/c21-13-5-3-6-14(11-13)22-28(26,27)16-8-4-7-15(12-16)23-19(24)17-9-1-2-10-18(17)20(23)25/h1-12,22H. The van der Waals surface area contributed by atoms with Crippen LogP contribution in [0, 0.1) is 0 Å². The number of nitrogens with one attached hydrogen (secondary N) is 1. The molecule has 3 aromatic rings. The zero-order valence-corrected chi connectivity index (χ0v) is 16.7. The second kappa shape index (κ2) is 6.88. The minimum Gasteiger partial charge on any atom is -0.280 e. The van der Waals surface area contributed by atoms with Crippen molar-refractivity contribution >= 4 is 49.1 Å². The molecule has 1 heterocycles. The van der Waals surface area contributed by atoms with Crippen LogP contribution in [0.5, 0.6) is 0 Å². The SMILES string of the molecule is O=C1c2ccccc2C(=O)N1c1cccc(S(=O)(=O)Nc2cccc(Br)c2)c1. The van der Waals surface area contributed by atoms with Crippen LogP contribution in [0.1, 0.15) is 20.7 Å². The number of carbonyl (C=O) groups excluding carboxylic acids is 2. The summed E-state index contributed by atoms with van der Waals surface area (Å²) in [5.74, 6) is -0.954. The van der Waals surface area contributed by atoms with Gasteiger partial charge in [0.05, 0.1) is 21.7 Å². The Balaban J connectivity index is 1.69. The largest absolute Gasteiger partial charge is 0.280 e. The number of amides is 2. The smallest absolute Gasteiger partial charge is 0.266 e. The number of hydrogen-bond donors (Lipinski definition) is 1. The van der Waals surface area contributed by atoms with Crippen molar-refractivity contribution in [1.29, 1.82) is 0 Å². The first kappa shape index (κ1) is 18.4. The molecule has 28 heavy (non-hydrogen) atoms. The molecule has 0 aliphatic carbocycles. The summed E-state index contributed by atoms with van der Waals surface area (Å²) in [5.41, 5.74) is 1.19. The van der Waals surface area contributed by atoms with Gasteiger partial charge in [-0.3, -0.25) is 14.3 Å². The maximum atomic E-state index is 12.7. The second-order valence-corrected chi connectivity index (χ2v) is 8.70. The van der Waals surface area contributed by atoms with Crippen LogP contribution in [-0.2, 0) is 10.0 Å². The highest BCUT2D eigenvalue weighted by atomic mass is 79.9. The summed E-state index contributed by atoms with van der Waals surface area (Å²) < 4.78 is 28.7. The summed E-state index contributed by atoms with van der Waals surface area (Å²) in [4.78, 5) is 26.2. The van der Waals surface area contributed by atoms with Crippen molar-refractivity contribution in [1.82, 2.24) is 0 Å². The number of fused-ring (bicyclic) bond motifs is 1. The minimum atomic E-state index is -3.90. The van der Waals surface area contributed by atoms with Crippen LogP contribution in [0.4, 0.5) is 11.4 Å². The maximum absolute atomic E-state index is 12.7. The Bertz CT molecular complexity index is 1190. The van der Waals surface area contributed by atoms with Gasteiger partial charge in [-0.05, 0) is 48.5 Å². The molecule has 0 saturated carbocycles. The van der Waals surface area contributed by atoms with Crippen molar-refractivity contribution in [2.75, 3.05) is 9.62 Å². The predicted octanol–water partition coefficient (Wildman–Crippen LogP) is 4.05. The Kier molecular flexibility index (Phi) is 4.52. The van der Waals surface area contributed by atoms with Crippen molar-refractivity contribution < 1.29 is 18.0 Å². The Morgan fingerprint density at radius 3 is 2.07 bits per heavy atom. The van der Waals surface area contributed by atoms with E-state index in [4.69, 9.17) is 0 Å². The number of sulfonamides is 1. The molecule has 0 spiro atoms. The summed E-state index contributed by atoms with van der Waals surface area (Å²) in [6, 6.07) is 19.0. The van der Waals surface area contributed by atoms with E-state index >= 15 is 0 Å². The van der Waals surface area contributed by atoms with Crippen LogP contribution in [0.3, 0.4) is 0 Å². The lowest BCUT2D eigenvalue weighted by Gasteiger charge is -2.15. The molecule has 0 bridgehead atoms. The number of nitrogens with zero attached hydrogens (tertiary/aromatic N) is 1. The molecule has 0 unspecified atom stereocenters. The number of imide groups is 1. The molecule has 1 aliphatic rings. The average molecular weight is 457 g/mol. The highest BCUT2D eigenvalue weighted by Gasteiger charge is 2.36. The fraction of sp³-hybridized carbons (Fsp3) is 0. The molecule has 0 fully saturated rings. The fourth-order valence-electron chi connectivity index (χ4n) is 2.98. The van der Waals surface area contributed by atoms with Crippen LogP contribution >= 0.6 is 15.9 Å². The van der Waals surface area contributed by atoms with Crippen LogP contribution in [0.15, 0.2) is 82.2 Å². The lowest BCUT2D eigenvalue weighted by molar-refractivity contribution is 0.0926. The molecule has 0 atom stereocenters. The summed E-state index contributed by atoms with van der Waals surface area (Å²) in [5, 5.41) is 0. The molecule has 1 N–H and O–H groups in total. The summed E-state index contributed by atoms with van der Waals surface area (Å²) in [6.07, 6.45) is 0. The number of halogens is 1. The summed E-state index contributed by atoms with van der Waals surface area (Å²) >= 11 is 3.29. The number of benzene rings is 3. The first-order chi connectivity index (χ1) is 13.4. The minimum absolute atomic E-state index is 0.0541.